The smallest absolute Gasteiger partial charge is 0.332 e. The molecule has 0 aromatic heterocycles. The van der Waals surface area contributed by atoms with E-state index in [1.807, 2.05) is 0 Å². The van der Waals surface area contributed by atoms with E-state index >= 15 is 0 Å². The molecule has 20 heavy (non-hydrogen) atoms. The number of carbonyl (C=O) groups excluding carboxylic acids is 1. The first kappa shape index (κ1) is 15.3. The summed E-state index contributed by atoms with van der Waals surface area (Å²) in [4.78, 5) is 22.7. The number of nitrogens with one attached hydrogen (secondary N) is 1. The molecular formula is C14H23NO5. The Balaban J connectivity index is 1.77. The van der Waals surface area contributed by atoms with Gasteiger partial charge in [0.1, 0.15) is 6.10 Å². The van der Waals surface area contributed by atoms with Gasteiger partial charge in [0.15, 0.2) is 6.10 Å². The lowest BCUT2D eigenvalue weighted by molar-refractivity contribution is -0.152. The lowest BCUT2D eigenvalue weighted by Crippen LogP contribution is -2.47. The van der Waals surface area contributed by atoms with Gasteiger partial charge in [-0.25, -0.2) is 4.79 Å². The molecule has 3 N–H and O–H groups in total. The molecule has 0 spiro atoms. The van der Waals surface area contributed by atoms with Gasteiger partial charge < -0.3 is 20.3 Å². The largest absolute Gasteiger partial charge is 0.479 e. The van der Waals surface area contributed by atoms with E-state index in [0.29, 0.717) is 31.6 Å². The maximum Gasteiger partial charge on any atom is 0.332 e. The summed E-state index contributed by atoms with van der Waals surface area (Å²) in [5, 5.41) is 21.9. The van der Waals surface area contributed by atoms with Crippen molar-refractivity contribution < 1.29 is 24.5 Å². The van der Waals surface area contributed by atoms with Gasteiger partial charge in [0, 0.05) is 6.54 Å². The van der Waals surface area contributed by atoms with Crippen LogP contribution in [0.3, 0.4) is 0 Å². The molecule has 1 saturated heterocycles. The minimum absolute atomic E-state index is 0.218. The van der Waals surface area contributed by atoms with Crippen molar-refractivity contribution in [3.05, 3.63) is 0 Å². The van der Waals surface area contributed by atoms with Gasteiger partial charge in [-0.2, -0.15) is 0 Å². The second-order valence-electron chi connectivity index (χ2n) is 6.15. The van der Waals surface area contributed by atoms with Crippen LogP contribution < -0.4 is 5.32 Å². The van der Waals surface area contributed by atoms with Gasteiger partial charge in [0.2, 0.25) is 5.91 Å². The molecule has 1 aliphatic heterocycles. The van der Waals surface area contributed by atoms with Crippen molar-refractivity contribution >= 4 is 11.9 Å². The van der Waals surface area contributed by atoms with E-state index < -0.39 is 23.8 Å². The van der Waals surface area contributed by atoms with E-state index in [1.165, 1.54) is 0 Å². The molecule has 2 aliphatic rings. The van der Waals surface area contributed by atoms with Crippen LogP contribution in [0.1, 0.15) is 45.4 Å². The zero-order valence-corrected chi connectivity index (χ0v) is 11.8. The lowest BCUT2D eigenvalue weighted by atomic mass is 9.79. The minimum Gasteiger partial charge on any atom is -0.479 e. The fourth-order valence-electron chi connectivity index (χ4n) is 2.85. The van der Waals surface area contributed by atoms with E-state index in [9.17, 15) is 14.7 Å². The molecule has 0 radical (unpaired) electrons. The number of hydrogen-bond acceptors (Lipinski definition) is 4. The van der Waals surface area contributed by atoms with Crippen molar-refractivity contribution in [1.82, 2.24) is 5.32 Å². The third kappa shape index (κ3) is 3.70. The van der Waals surface area contributed by atoms with Crippen LogP contribution in [0.5, 0.6) is 0 Å². The van der Waals surface area contributed by atoms with Crippen LogP contribution in [0.15, 0.2) is 0 Å². The standard InChI is InChI=1S/C14H23NO5/c1-9-4-6-14(19,7-5-9)8-15-12(16)10-2-3-11(20-10)13(17)18/h9-11,19H,2-8H2,1H3,(H,15,16)(H,17,18). The SMILES string of the molecule is CC1CCC(O)(CNC(=O)C2CCC(C(=O)O)O2)CC1. The fourth-order valence-corrected chi connectivity index (χ4v) is 2.85. The van der Waals surface area contributed by atoms with E-state index in [4.69, 9.17) is 9.84 Å². The van der Waals surface area contributed by atoms with Gasteiger partial charge in [-0.15, -0.1) is 0 Å². The monoisotopic (exact) mass is 285 g/mol. The van der Waals surface area contributed by atoms with Crippen LogP contribution >= 0.6 is 0 Å². The number of aliphatic hydroxyl groups is 1. The zero-order valence-electron chi connectivity index (χ0n) is 11.8. The average Bonchev–Trinajstić information content (AvgIpc) is 2.90. The van der Waals surface area contributed by atoms with E-state index in [-0.39, 0.29) is 12.5 Å². The van der Waals surface area contributed by atoms with Crippen molar-refractivity contribution in [1.29, 1.82) is 0 Å². The number of carboxylic acids is 1. The summed E-state index contributed by atoms with van der Waals surface area (Å²) >= 11 is 0. The van der Waals surface area contributed by atoms with E-state index in [0.717, 1.165) is 12.8 Å². The quantitative estimate of drug-likeness (QED) is 0.706. The van der Waals surface area contributed by atoms with Crippen molar-refractivity contribution in [3.8, 4) is 0 Å². The molecule has 1 heterocycles. The number of carbonyl (C=O) groups is 2. The van der Waals surface area contributed by atoms with Crippen molar-refractivity contribution in [2.24, 2.45) is 5.92 Å². The number of hydrogen-bond donors (Lipinski definition) is 3. The van der Waals surface area contributed by atoms with E-state index in [2.05, 4.69) is 12.2 Å². The summed E-state index contributed by atoms with van der Waals surface area (Å²) in [6, 6.07) is 0. The lowest BCUT2D eigenvalue weighted by Gasteiger charge is -2.35. The second-order valence-corrected chi connectivity index (χ2v) is 6.15. The van der Waals surface area contributed by atoms with Gasteiger partial charge >= 0.3 is 5.97 Å². The van der Waals surface area contributed by atoms with Crippen LogP contribution in [0.25, 0.3) is 0 Å². The Morgan fingerprint density at radius 2 is 1.80 bits per heavy atom. The number of rotatable bonds is 4. The first-order valence-corrected chi connectivity index (χ1v) is 7.28. The molecule has 114 valence electrons. The molecule has 0 aromatic rings. The van der Waals surface area contributed by atoms with Crippen molar-refractivity contribution in [2.75, 3.05) is 6.54 Å². The summed E-state index contributed by atoms with van der Waals surface area (Å²) < 4.78 is 5.18. The number of aliphatic carboxylic acids is 1. The Kier molecular flexibility index (Phi) is 4.65. The topological polar surface area (TPSA) is 95.9 Å². The molecule has 1 aliphatic carbocycles. The Labute approximate surface area is 118 Å². The second kappa shape index (κ2) is 6.10. The van der Waals surface area contributed by atoms with Gasteiger partial charge in [0.05, 0.1) is 5.60 Å². The van der Waals surface area contributed by atoms with Crippen LogP contribution in [0, 0.1) is 5.92 Å². The molecule has 6 nitrogen and oxygen atoms in total. The number of carboxylic acid groups (broad SMARTS) is 1. The summed E-state index contributed by atoms with van der Waals surface area (Å²) in [5.41, 5.74) is -0.826. The van der Waals surface area contributed by atoms with Crippen LogP contribution in [-0.2, 0) is 14.3 Å². The third-order valence-corrected chi connectivity index (χ3v) is 4.38. The predicted molar refractivity (Wildman–Crippen MR) is 71.1 cm³/mol. The average molecular weight is 285 g/mol. The molecule has 2 atom stereocenters. The highest BCUT2D eigenvalue weighted by atomic mass is 16.5. The van der Waals surface area contributed by atoms with Gasteiger partial charge in [-0.3, -0.25) is 4.79 Å². The normalized spacial score (nSPS) is 37.6. The molecule has 0 aromatic carbocycles. The van der Waals surface area contributed by atoms with Crippen molar-refractivity contribution in [2.45, 2.75) is 63.3 Å². The molecule has 2 unspecified atom stereocenters. The predicted octanol–water partition coefficient (Wildman–Crippen LogP) is 0.676. The Bertz CT molecular complexity index is 376. The first-order valence-electron chi connectivity index (χ1n) is 7.28. The first-order chi connectivity index (χ1) is 9.39. The molecule has 0 bridgehead atoms. The molecule has 2 rings (SSSR count). The molecule has 6 heteroatoms. The minimum atomic E-state index is -1.03. The third-order valence-electron chi connectivity index (χ3n) is 4.38. The molecular weight excluding hydrogens is 262 g/mol. The van der Waals surface area contributed by atoms with Gasteiger partial charge in [0.25, 0.3) is 0 Å². The Morgan fingerprint density at radius 3 is 2.35 bits per heavy atom. The highest BCUT2D eigenvalue weighted by Crippen LogP contribution is 2.31. The molecule has 1 saturated carbocycles. The van der Waals surface area contributed by atoms with E-state index in [1.54, 1.807) is 0 Å². The summed E-state index contributed by atoms with van der Waals surface area (Å²) in [6.45, 7) is 2.38. The summed E-state index contributed by atoms with van der Waals surface area (Å²) in [5.74, 6) is -0.721. The van der Waals surface area contributed by atoms with Crippen LogP contribution in [-0.4, -0.2) is 46.4 Å². The number of amides is 1. The zero-order chi connectivity index (χ0) is 14.8. The highest BCUT2D eigenvalue weighted by Gasteiger charge is 2.37. The Hall–Kier alpha value is -1.14. The maximum absolute atomic E-state index is 11.9. The highest BCUT2D eigenvalue weighted by molar-refractivity contribution is 5.82. The summed E-state index contributed by atoms with van der Waals surface area (Å²) in [6.07, 6.45) is 2.50. The maximum atomic E-state index is 11.9. The molecule has 2 fully saturated rings. The fraction of sp³-hybridized carbons (Fsp3) is 0.857. The molecule has 1 amide bonds. The Morgan fingerprint density at radius 1 is 1.20 bits per heavy atom. The number of ether oxygens (including phenoxy) is 1. The van der Waals surface area contributed by atoms with Crippen molar-refractivity contribution in [3.63, 3.8) is 0 Å². The van der Waals surface area contributed by atoms with Gasteiger partial charge in [-0.05, 0) is 44.4 Å². The van der Waals surface area contributed by atoms with Gasteiger partial charge in [-0.1, -0.05) is 6.92 Å². The summed E-state index contributed by atoms with van der Waals surface area (Å²) in [7, 11) is 0. The van der Waals surface area contributed by atoms with Crippen LogP contribution in [0.2, 0.25) is 0 Å². The van der Waals surface area contributed by atoms with Crippen LogP contribution in [0.4, 0.5) is 0 Å².